The second kappa shape index (κ2) is 13.2. The topological polar surface area (TPSA) is 131 Å². The number of para-hydroxylation sites is 1. The van der Waals surface area contributed by atoms with E-state index < -0.39 is 35.6 Å². The zero-order valence-electron chi connectivity index (χ0n) is 25.2. The van der Waals surface area contributed by atoms with Gasteiger partial charge in [-0.3, -0.25) is 14.4 Å². The second-order valence-electron chi connectivity index (χ2n) is 12.0. The molecule has 9 heteroatoms. The molecule has 9 nitrogen and oxygen atoms in total. The Balaban J connectivity index is 2.06. The molecule has 1 fully saturated rings. The van der Waals surface area contributed by atoms with Crippen molar-refractivity contribution >= 4 is 29.5 Å². The number of ether oxygens (including phenoxy) is 1. The van der Waals surface area contributed by atoms with Gasteiger partial charge < -0.3 is 26.0 Å². The molecule has 1 aliphatic rings. The molecule has 4 amide bonds. The van der Waals surface area contributed by atoms with Crippen LogP contribution in [0.5, 0.6) is 0 Å². The Morgan fingerprint density at radius 3 is 2.12 bits per heavy atom. The SMILES string of the molecule is CCc1ccc(C(C(=O)Nc2c(C)cccc2C)N(C(=O)C(CCC(N)=O)NC(=O)OC(C)(C)C)C2CC2C)cc1. The summed E-state index contributed by atoms with van der Waals surface area (Å²) >= 11 is 0. The summed E-state index contributed by atoms with van der Waals surface area (Å²) in [5.41, 5.74) is 8.89. The summed E-state index contributed by atoms with van der Waals surface area (Å²) < 4.78 is 5.41. The third kappa shape index (κ3) is 8.55. The molecule has 1 aliphatic carbocycles. The lowest BCUT2D eigenvalue weighted by molar-refractivity contribution is -0.142. The largest absolute Gasteiger partial charge is 0.444 e. The molecule has 4 atom stereocenters. The van der Waals surface area contributed by atoms with Gasteiger partial charge >= 0.3 is 6.09 Å². The van der Waals surface area contributed by atoms with Gasteiger partial charge in [0.15, 0.2) is 0 Å². The Hall–Kier alpha value is -3.88. The molecule has 0 radical (unpaired) electrons. The summed E-state index contributed by atoms with van der Waals surface area (Å²) in [6.45, 7) is 13.1. The van der Waals surface area contributed by atoms with Crippen LogP contribution in [0.2, 0.25) is 0 Å². The Morgan fingerprint density at radius 2 is 1.63 bits per heavy atom. The first-order valence-corrected chi connectivity index (χ1v) is 14.3. The van der Waals surface area contributed by atoms with E-state index in [0.717, 1.165) is 23.1 Å². The third-order valence-corrected chi connectivity index (χ3v) is 7.31. The van der Waals surface area contributed by atoms with E-state index in [1.165, 1.54) is 0 Å². The lowest BCUT2D eigenvalue weighted by Crippen LogP contribution is -2.53. The predicted octanol–water partition coefficient (Wildman–Crippen LogP) is 4.94. The van der Waals surface area contributed by atoms with Gasteiger partial charge in [0.25, 0.3) is 5.91 Å². The maximum absolute atomic E-state index is 14.3. The number of alkyl carbamates (subject to hydrolysis) is 1. The summed E-state index contributed by atoms with van der Waals surface area (Å²) in [4.78, 5) is 54.5. The Morgan fingerprint density at radius 1 is 1.05 bits per heavy atom. The van der Waals surface area contributed by atoms with E-state index in [-0.39, 0.29) is 30.7 Å². The number of nitrogens with zero attached hydrogens (tertiary/aromatic N) is 1. The fourth-order valence-electron chi connectivity index (χ4n) is 4.92. The first-order valence-electron chi connectivity index (χ1n) is 14.3. The molecular weight excluding hydrogens is 520 g/mol. The number of anilines is 1. The van der Waals surface area contributed by atoms with Crippen LogP contribution in [-0.4, -0.2) is 46.4 Å². The fraction of sp³-hybridized carbons (Fsp3) is 0.500. The number of carbonyl (C=O) groups excluding carboxylic acids is 4. The number of primary amides is 1. The number of rotatable bonds is 11. The van der Waals surface area contributed by atoms with Crippen LogP contribution in [-0.2, 0) is 25.5 Å². The van der Waals surface area contributed by atoms with Gasteiger partial charge in [0.05, 0.1) is 0 Å². The van der Waals surface area contributed by atoms with Gasteiger partial charge in [-0.1, -0.05) is 56.3 Å². The number of nitrogens with one attached hydrogen (secondary N) is 2. The lowest BCUT2D eigenvalue weighted by atomic mass is 9.98. The molecule has 0 bridgehead atoms. The minimum absolute atomic E-state index is 0.0228. The second-order valence-corrected chi connectivity index (χ2v) is 12.0. The summed E-state index contributed by atoms with van der Waals surface area (Å²) in [7, 11) is 0. The summed E-state index contributed by atoms with van der Waals surface area (Å²) in [5.74, 6) is -1.26. The van der Waals surface area contributed by atoms with Crippen LogP contribution in [0.15, 0.2) is 42.5 Å². The number of aryl methyl sites for hydroxylation is 3. The number of amides is 4. The normalized spacial score (nSPS) is 17.6. The first kappa shape index (κ1) is 31.6. The van der Waals surface area contributed by atoms with Crippen LogP contribution in [0.1, 0.15) is 82.2 Å². The molecule has 0 aliphatic heterocycles. The third-order valence-electron chi connectivity index (χ3n) is 7.31. The van der Waals surface area contributed by atoms with Crippen molar-refractivity contribution in [1.29, 1.82) is 0 Å². The molecule has 222 valence electrons. The highest BCUT2D eigenvalue weighted by Gasteiger charge is 2.48. The quantitative estimate of drug-likeness (QED) is 0.356. The monoisotopic (exact) mass is 564 g/mol. The number of benzene rings is 2. The maximum Gasteiger partial charge on any atom is 0.408 e. The Bertz CT molecular complexity index is 1250. The average molecular weight is 565 g/mol. The van der Waals surface area contributed by atoms with E-state index in [1.807, 2.05) is 70.2 Å². The lowest BCUT2D eigenvalue weighted by Gasteiger charge is -2.35. The summed E-state index contributed by atoms with van der Waals surface area (Å²) in [5, 5.41) is 5.73. The van der Waals surface area contributed by atoms with E-state index in [9.17, 15) is 19.2 Å². The molecular formula is C32H44N4O5. The van der Waals surface area contributed by atoms with Gasteiger partial charge in [-0.25, -0.2) is 4.79 Å². The minimum atomic E-state index is -1.12. The van der Waals surface area contributed by atoms with Crippen LogP contribution in [0, 0.1) is 19.8 Å². The zero-order chi connectivity index (χ0) is 30.5. The molecule has 0 heterocycles. The minimum Gasteiger partial charge on any atom is -0.444 e. The number of hydrogen-bond acceptors (Lipinski definition) is 5. The van der Waals surface area contributed by atoms with Crippen molar-refractivity contribution in [3.63, 3.8) is 0 Å². The van der Waals surface area contributed by atoms with E-state index in [4.69, 9.17) is 10.5 Å². The molecule has 0 aromatic heterocycles. The summed E-state index contributed by atoms with van der Waals surface area (Å²) in [6.07, 6.45) is 0.612. The summed E-state index contributed by atoms with van der Waals surface area (Å²) in [6, 6.07) is 11.1. The van der Waals surface area contributed by atoms with Crippen LogP contribution in [0.25, 0.3) is 0 Å². The number of nitrogens with two attached hydrogens (primary N) is 1. The highest BCUT2D eigenvalue weighted by molar-refractivity contribution is 6.00. The van der Waals surface area contributed by atoms with E-state index >= 15 is 0 Å². The van der Waals surface area contributed by atoms with Crippen LogP contribution < -0.4 is 16.4 Å². The van der Waals surface area contributed by atoms with Crippen molar-refractivity contribution in [2.45, 2.75) is 97.9 Å². The zero-order valence-corrected chi connectivity index (χ0v) is 25.2. The van der Waals surface area contributed by atoms with Crippen LogP contribution in [0.4, 0.5) is 10.5 Å². The molecule has 2 aromatic carbocycles. The molecule has 1 saturated carbocycles. The first-order chi connectivity index (χ1) is 19.2. The highest BCUT2D eigenvalue weighted by atomic mass is 16.6. The fourth-order valence-corrected chi connectivity index (χ4v) is 4.92. The van der Waals surface area contributed by atoms with Crippen molar-refractivity contribution in [2.24, 2.45) is 11.7 Å². The Kier molecular flexibility index (Phi) is 10.2. The molecule has 3 rings (SSSR count). The van der Waals surface area contributed by atoms with Gasteiger partial charge in [-0.2, -0.15) is 0 Å². The van der Waals surface area contributed by atoms with Crippen molar-refractivity contribution in [3.05, 3.63) is 64.7 Å². The van der Waals surface area contributed by atoms with Gasteiger partial charge in [-0.15, -0.1) is 0 Å². The average Bonchev–Trinajstić information content (AvgIpc) is 3.61. The maximum atomic E-state index is 14.3. The number of hydrogen-bond donors (Lipinski definition) is 3. The highest BCUT2D eigenvalue weighted by Crippen LogP contribution is 2.41. The molecule has 41 heavy (non-hydrogen) atoms. The van der Waals surface area contributed by atoms with E-state index in [0.29, 0.717) is 17.7 Å². The van der Waals surface area contributed by atoms with Gasteiger partial charge in [0.2, 0.25) is 11.8 Å². The Labute approximate surface area is 243 Å². The standard InChI is InChI=1S/C32H44N4O5/c1-8-22-12-14-23(15-13-22)28(29(38)35-27-19(2)10-9-11-20(27)3)36(25-18-21(25)4)30(39)24(16-17-26(33)37)34-31(40)41-32(5,6)7/h9-15,21,24-25,28H,8,16-18H2,1-7H3,(H2,33,37)(H,34,40)(H,35,38). The van der Waals surface area contributed by atoms with Crippen LogP contribution >= 0.6 is 0 Å². The van der Waals surface area contributed by atoms with Crippen molar-refractivity contribution in [1.82, 2.24) is 10.2 Å². The molecule has 2 aromatic rings. The van der Waals surface area contributed by atoms with Crippen molar-refractivity contribution < 1.29 is 23.9 Å². The van der Waals surface area contributed by atoms with E-state index in [1.54, 1.807) is 25.7 Å². The van der Waals surface area contributed by atoms with Crippen molar-refractivity contribution in [2.75, 3.05) is 5.32 Å². The van der Waals surface area contributed by atoms with E-state index in [2.05, 4.69) is 10.6 Å². The molecule has 0 spiro atoms. The van der Waals surface area contributed by atoms with Crippen molar-refractivity contribution in [3.8, 4) is 0 Å². The molecule has 0 saturated heterocycles. The molecule has 4 unspecified atom stereocenters. The van der Waals surface area contributed by atoms with Gasteiger partial charge in [0, 0.05) is 18.2 Å². The van der Waals surface area contributed by atoms with Crippen LogP contribution in [0.3, 0.4) is 0 Å². The smallest absolute Gasteiger partial charge is 0.408 e. The number of carbonyl (C=O) groups is 4. The molecule has 4 N–H and O–H groups in total. The van der Waals surface area contributed by atoms with Gasteiger partial charge in [-0.05, 0) is 82.1 Å². The van der Waals surface area contributed by atoms with Gasteiger partial charge in [0.1, 0.15) is 17.7 Å². The predicted molar refractivity (Wildman–Crippen MR) is 159 cm³/mol.